The normalized spacial score (nSPS) is 10.4. The fourth-order valence-electron chi connectivity index (χ4n) is 1.78. The summed E-state index contributed by atoms with van der Waals surface area (Å²) in [5, 5.41) is 12.0. The van der Waals surface area contributed by atoms with Gasteiger partial charge in [-0.3, -0.25) is 4.79 Å². The van der Waals surface area contributed by atoms with Crippen molar-refractivity contribution in [3.8, 4) is 16.3 Å². The predicted molar refractivity (Wildman–Crippen MR) is 84.5 cm³/mol. The summed E-state index contributed by atoms with van der Waals surface area (Å²) in [5.41, 5.74) is 7.26. The van der Waals surface area contributed by atoms with Gasteiger partial charge in [0.05, 0.1) is 12.8 Å². The highest BCUT2D eigenvalue weighted by Gasteiger charge is 2.10. The number of carbonyl (C=O) groups excluding carboxylic acids is 1. The number of rotatable bonds is 6. The third-order valence-corrected chi connectivity index (χ3v) is 3.79. The first kappa shape index (κ1) is 15.2. The summed E-state index contributed by atoms with van der Waals surface area (Å²) in [4.78, 5) is 11.6. The van der Waals surface area contributed by atoms with Gasteiger partial charge in [0.2, 0.25) is 11.0 Å². The van der Waals surface area contributed by atoms with Crippen molar-refractivity contribution >= 4 is 28.1 Å². The summed E-state index contributed by atoms with van der Waals surface area (Å²) in [6.07, 6.45) is 2.35. The summed E-state index contributed by atoms with van der Waals surface area (Å²) in [5.74, 6) is 0.588. The topological polar surface area (TPSA) is 90.1 Å². The first-order valence-corrected chi connectivity index (χ1v) is 7.53. The molecule has 0 aliphatic rings. The predicted octanol–water partition coefficient (Wildman–Crippen LogP) is 2.92. The lowest BCUT2D eigenvalue weighted by Gasteiger charge is -2.04. The molecule has 0 unspecified atom stereocenters. The minimum absolute atomic E-state index is 0.0335. The average Bonchev–Trinajstić information content (AvgIpc) is 2.93. The van der Waals surface area contributed by atoms with Crippen LogP contribution in [0.5, 0.6) is 5.75 Å². The maximum absolute atomic E-state index is 11.6. The quantitative estimate of drug-likeness (QED) is 0.801. The number of nitrogens with two attached hydrogens (primary N) is 1. The number of unbranched alkanes of at least 4 members (excludes halogenated alkanes) is 1. The third-order valence-electron chi connectivity index (χ3n) is 2.91. The molecular formula is C14H18N4O2S. The summed E-state index contributed by atoms with van der Waals surface area (Å²) < 4.78 is 5.12. The number of ether oxygens (including phenoxy) is 1. The van der Waals surface area contributed by atoms with Crippen LogP contribution in [0.1, 0.15) is 26.2 Å². The highest BCUT2D eigenvalue weighted by Crippen LogP contribution is 2.31. The van der Waals surface area contributed by atoms with Crippen molar-refractivity contribution in [3.05, 3.63) is 18.2 Å². The van der Waals surface area contributed by atoms with Gasteiger partial charge >= 0.3 is 0 Å². The van der Waals surface area contributed by atoms with Crippen molar-refractivity contribution in [1.82, 2.24) is 10.2 Å². The Hall–Kier alpha value is -2.15. The standard InChI is InChI=1S/C14H18N4O2S/c1-3-4-5-12(19)16-14-18-17-13(21-14)9-6-7-11(20-2)10(15)8-9/h6-8H,3-5,15H2,1-2H3,(H,16,18,19). The number of methoxy groups -OCH3 is 1. The van der Waals surface area contributed by atoms with Crippen LogP contribution in [0.3, 0.4) is 0 Å². The molecule has 1 amide bonds. The number of nitrogen functional groups attached to an aromatic ring is 1. The lowest BCUT2D eigenvalue weighted by atomic mass is 10.2. The van der Waals surface area contributed by atoms with Gasteiger partial charge in [-0.05, 0) is 24.6 Å². The number of nitrogens with one attached hydrogen (secondary N) is 1. The van der Waals surface area contributed by atoms with Gasteiger partial charge < -0.3 is 15.8 Å². The molecule has 1 heterocycles. The zero-order valence-corrected chi connectivity index (χ0v) is 12.9. The van der Waals surface area contributed by atoms with E-state index in [1.54, 1.807) is 19.2 Å². The van der Waals surface area contributed by atoms with Crippen LogP contribution in [0.4, 0.5) is 10.8 Å². The maximum atomic E-state index is 11.6. The number of benzene rings is 1. The van der Waals surface area contributed by atoms with E-state index in [0.29, 0.717) is 28.0 Å². The molecule has 2 aromatic rings. The lowest BCUT2D eigenvalue weighted by molar-refractivity contribution is -0.116. The SMILES string of the molecule is CCCCC(=O)Nc1nnc(-c2ccc(OC)c(N)c2)s1. The van der Waals surface area contributed by atoms with E-state index in [4.69, 9.17) is 10.5 Å². The number of nitrogens with zero attached hydrogens (tertiary/aromatic N) is 2. The Morgan fingerprint density at radius 1 is 1.43 bits per heavy atom. The van der Waals surface area contributed by atoms with E-state index in [9.17, 15) is 4.79 Å². The second-order valence-corrected chi connectivity index (χ2v) is 5.50. The van der Waals surface area contributed by atoms with Gasteiger partial charge in [0.15, 0.2) is 0 Å². The van der Waals surface area contributed by atoms with E-state index in [1.165, 1.54) is 11.3 Å². The van der Waals surface area contributed by atoms with Crippen molar-refractivity contribution in [3.63, 3.8) is 0 Å². The molecule has 0 radical (unpaired) electrons. The Bertz CT molecular complexity index is 627. The molecule has 0 saturated carbocycles. The molecule has 0 atom stereocenters. The Balaban J connectivity index is 2.09. The Kier molecular flexibility index (Phi) is 5.10. The van der Waals surface area contributed by atoms with Gasteiger partial charge in [-0.1, -0.05) is 24.7 Å². The smallest absolute Gasteiger partial charge is 0.226 e. The summed E-state index contributed by atoms with van der Waals surface area (Å²) in [7, 11) is 1.57. The number of aromatic nitrogens is 2. The lowest BCUT2D eigenvalue weighted by Crippen LogP contribution is -2.10. The van der Waals surface area contributed by atoms with Crippen LogP contribution in [0.2, 0.25) is 0 Å². The van der Waals surface area contributed by atoms with Crippen molar-refractivity contribution in [2.24, 2.45) is 0 Å². The fraction of sp³-hybridized carbons (Fsp3) is 0.357. The van der Waals surface area contributed by atoms with Crippen molar-refractivity contribution < 1.29 is 9.53 Å². The van der Waals surface area contributed by atoms with Crippen LogP contribution >= 0.6 is 11.3 Å². The zero-order chi connectivity index (χ0) is 15.2. The van der Waals surface area contributed by atoms with Gasteiger partial charge in [0.25, 0.3) is 0 Å². The van der Waals surface area contributed by atoms with E-state index in [2.05, 4.69) is 15.5 Å². The molecule has 6 nitrogen and oxygen atoms in total. The van der Waals surface area contributed by atoms with Crippen molar-refractivity contribution in [2.45, 2.75) is 26.2 Å². The van der Waals surface area contributed by atoms with Gasteiger partial charge in [-0.2, -0.15) is 0 Å². The minimum atomic E-state index is -0.0335. The maximum Gasteiger partial charge on any atom is 0.226 e. The second-order valence-electron chi connectivity index (χ2n) is 4.52. The average molecular weight is 306 g/mol. The monoisotopic (exact) mass is 306 g/mol. The third kappa shape index (κ3) is 3.91. The summed E-state index contributed by atoms with van der Waals surface area (Å²) in [6.45, 7) is 2.05. The molecule has 0 saturated heterocycles. The van der Waals surface area contributed by atoms with E-state index in [1.807, 2.05) is 13.0 Å². The van der Waals surface area contributed by atoms with Crippen molar-refractivity contribution in [1.29, 1.82) is 0 Å². The van der Waals surface area contributed by atoms with Crippen LogP contribution in [0, 0.1) is 0 Å². The second kappa shape index (κ2) is 7.03. The molecule has 112 valence electrons. The van der Waals surface area contributed by atoms with E-state index in [-0.39, 0.29) is 5.91 Å². The first-order valence-electron chi connectivity index (χ1n) is 6.71. The number of anilines is 2. The molecule has 3 N–H and O–H groups in total. The molecule has 21 heavy (non-hydrogen) atoms. The molecule has 0 bridgehead atoms. The number of carbonyl (C=O) groups is 1. The number of hydrogen-bond donors (Lipinski definition) is 2. The number of amides is 1. The van der Waals surface area contributed by atoms with Crippen LogP contribution in [0.25, 0.3) is 10.6 Å². The molecule has 0 fully saturated rings. The van der Waals surface area contributed by atoms with E-state index < -0.39 is 0 Å². The Labute approximate surface area is 127 Å². The zero-order valence-electron chi connectivity index (χ0n) is 12.0. The summed E-state index contributed by atoms with van der Waals surface area (Å²) >= 11 is 1.32. The molecule has 1 aromatic heterocycles. The molecule has 7 heteroatoms. The van der Waals surface area contributed by atoms with Crippen LogP contribution in [-0.4, -0.2) is 23.2 Å². The van der Waals surface area contributed by atoms with E-state index in [0.717, 1.165) is 18.4 Å². The van der Waals surface area contributed by atoms with Gasteiger partial charge in [0, 0.05) is 12.0 Å². The van der Waals surface area contributed by atoms with Gasteiger partial charge in [0.1, 0.15) is 10.8 Å². The van der Waals surface area contributed by atoms with Crippen LogP contribution < -0.4 is 15.8 Å². The van der Waals surface area contributed by atoms with Crippen molar-refractivity contribution in [2.75, 3.05) is 18.2 Å². The van der Waals surface area contributed by atoms with E-state index >= 15 is 0 Å². The molecular weight excluding hydrogens is 288 g/mol. The number of hydrogen-bond acceptors (Lipinski definition) is 6. The molecule has 1 aromatic carbocycles. The highest BCUT2D eigenvalue weighted by atomic mass is 32.1. The molecule has 0 aliphatic carbocycles. The highest BCUT2D eigenvalue weighted by molar-refractivity contribution is 7.18. The fourth-order valence-corrected chi connectivity index (χ4v) is 2.53. The van der Waals surface area contributed by atoms with Crippen LogP contribution in [0.15, 0.2) is 18.2 Å². The van der Waals surface area contributed by atoms with Gasteiger partial charge in [-0.15, -0.1) is 10.2 Å². The molecule has 2 rings (SSSR count). The van der Waals surface area contributed by atoms with Gasteiger partial charge in [-0.25, -0.2) is 0 Å². The first-order chi connectivity index (χ1) is 10.1. The largest absolute Gasteiger partial charge is 0.495 e. The Morgan fingerprint density at radius 3 is 2.90 bits per heavy atom. The van der Waals surface area contributed by atoms with Crippen LogP contribution in [-0.2, 0) is 4.79 Å². The molecule has 0 aliphatic heterocycles. The minimum Gasteiger partial charge on any atom is -0.495 e. The molecule has 0 spiro atoms. The summed E-state index contributed by atoms with van der Waals surface area (Å²) in [6, 6.07) is 5.42. The Morgan fingerprint density at radius 2 is 2.24 bits per heavy atom.